The number of hydrogen-bond acceptors (Lipinski definition) is 7. The van der Waals surface area contributed by atoms with Crippen LogP contribution in [-0.4, -0.2) is 37.9 Å². The van der Waals surface area contributed by atoms with E-state index >= 15 is 0 Å². The van der Waals surface area contributed by atoms with E-state index in [2.05, 4.69) is 15.3 Å². The van der Waals surface area contributed by atoms with E-state index in [1.165, 1.54) is 11.3 Å². The predicted molar refractivity (Wildman–Crippen MR) is 99.5 cm³/mol. The number of hydrogen-bond donors (Lipinski definition) is 1. The van der Waals surface area contributed by atoms with E-state index in [0.29, 0.717) is 18.0 Å². The van der Waals surface area contributed by atoms with Gasteiger partial charge in [-0.1, -0.05) is 19.2 Å². The largest absolute Gasteiger partial charge is 0.388 e. The van der Waals surface area contributed by atoms with Crippen molar-refractivity contribution in [1.82, 2.24) is 9.97 Å². The van der Waals surface area contributed by atoms with Gasteiger partial charge in [0.05, 0.1) is 17.2 Å². The topological polar surface area (TPSA) is 66.3 Å². The van der Waals surface area contributed by atoms with Crippen molar-refractivity contribution >= 4 is 46.6 Å². The van der Waals surface area contributed by atoms with Gasteiger partial charge in [0, 0.05) is 38.9 Å². The van der Waals surface area contributed by atoms with Gasteiger partial charge in [0.15, 0.2) is 0 Å². The number of aromatic nitrogens is 2. The molecule has 1 fully saturated rings. The molecule has 0 aromatic carbocycles. The van der Waals surface area contributed by atoms with Gasteiger partial charge in [-0.05, 0) is 34.6 Å². The molecule has 1 aliphatic heterocycles. The summed E-state index contributed by atoms with van der Waals surface area (Å²) in [5.41, 5.74) is 0.785. The number of nitrogens with zero attached hydrogens (tertiary/aromatic N) is 3. The molecule has 1 saturated heterocycles. The van der Waals surface area contributed by atoms with Crippen LogP contribution in [-0.2, 0) is 37.5 Å². The standard InChI is InChI=1S/C16H18N3O2S3.Y/c1-2-12(20)11-3-4-13(18-9-11)19-14(21)10-24-15(19)5-7-22-16-17-6-8-23-16;/h3-4,6,9,12,15,20H,2,5,7,10H2,1H3;/q-1;. The Labute approximate surface area is 185 Å². The molecular formula is C16H18N3O2S3Y-. The van der Waals surface area contributed by atoms with Crippen molar-refractivity contribution in [2.75, 3.05) is 16.4 Å². The van der Waals surface area contributed by atoms with Crippen molar-refractivity contribution in [3.05, 3.63) is 35.5 Å². The molecule has 1 amide bonds. The average Bonchev–Trinajstić information content (AvgIpc) is 3.24. The number of pyridine rings is 1. The first kappa shape index (κ1) is 21.3. The molecule has 25 heavy (non-hydrogen) atoms. The zero-order valence-corrected chi connectivity index (χ0v) is 19.1. The molecular weight excluding hydrogens is 451 g/mol. The van der Waals surface area contributed by atoms with Gasteiger partial charge in [-0.3, -0.25) is 9.69 Å². The van der Waals surface area contributed by atoms with Crippen molar-refractivity contribution < 1.29 is 42.6 Å². The molecule has 1 N–H and O–H groups in total. The number of thioether (sulfide) groups is 2. The molecule has 3 rings (SSSR count). The van der Waals surface area contributed by atoms with Crippen LogP contribution in [0, 0.1) is 5.38 Å². The fraction of sp³-hybridized carbons (Fsp3) is 0.438. The Morgan fingerprint density at radius 1 is 1.48 bits per heavy atom. The van der Waals surface area contributed by atoms with Crippen LogP contribution in [0.15, 0.2) is 28.9 Å². The fourth-order valence-corrected chi connectivity index (χ4v) is 5.30. The molecule has 0 saturated carbocycles. The van der Waals surface area contributed by atoms with Crippen LogP contribution in [0.25, 0.3) is 0 Å². The van der Waals surface area contributed by atoms with Gasteiger partial charge in [0.2, 0.25) is 5.91 Å². The van der Waals surface area contributed by atoms with E-state index in [1.54, 1.807) is 40.8 Å². The van der Waals surface area contributed by atoms with Crippen molar-refractivity contribution in [3.8, 4) is 0 Å². The SMILES string of the molecule is CCC(O)c1ccc(N2C(=O)CSC2CCSc2nc[c-]s2)nc1.[Y]. The zero-order valence-electron chi connectivity index (χ0n) is 13.8. The first-order valence-corrected chi connectivity index (χ1v) is 10.6. The number of thiazole rings is 1. The van der Waals surface area contributed by atoms with Crippen LogP contribution in [0.2, 0.25) is 0 Å². The number of amides is 1. The second-order valence-electron chi connectivity index (χ2n) is 5.28. The molecule has 3 heterocycles. The second-order valence-corrected chi connectivity index (χ2v) is 8.62. The molecule has 0 spiro atoms. The predicted octanol–water partition coefficient (Wildman–Crippen LogP) is 3.37. The van der Waals surface area contributed by atoms with Crippen molar-refractivity contribution in [3.63, 3.8) is 0 Å². The smallest absolute Gasteiger partial charge is 0.239 e. The third-order valence-electron chi connectivity index (χ3n) is 3.70. The maximum atomic E-state index is 12.2. The zero-order chi connectivity index (χ0) is 16.9. The summed E-state index contributed by atoms with van der Waals surface area (Å²) in [7, 11) is 0. The minimum Gasteiger partial charge on any atom is -0.388 e. The normalized spacial score (nSPS) is 18.2. The van der Waals surface area contributed by atoms with Crippen molar-refractivity contribution in [2.24, 2.45) is 0 Å². The van der Waals surface area contributed by atoms with Gasteiger partial charge in [-0.25, -0.2) is 4.98 Å². The molecule has 9 heteroatoms. The molecule has 131 valence electrons. The van der Waals surface area contributed by atoms with E-state index in [0.717, 1.165) is 22.1 Å². The van der Waals surface area contributed by atoms with Gasteiger partial charge >= 0.3 is 0 Å². The summed E-state index contributed by atoms with van der Waals surface area (Å²) < 4.78 is 1.01. The number of rotatable bonds is 7. The maximum absolute atomic E-state index is 12.2. The first-order valence-electron chi connectivity index (χ1n) is 7.71. The molecule has 2 aromatic rings. The average molecular weight is 469 g/mol. The summed E-state index contributed by atoms with van der Waals surface area (Å²) in [5.74, 6) is 2.14. The van der Waals surface area contributed by atoms with E-state index in [4.69, 9.17) is 0 Å². The first-order chi connectivity index (χ1) is 11.7. The molecule has 0 bridgehead atoms. The van der Waals surface area contributed by atoms with Crippen molar-refractivity contribution in [1.29, 1.82) is 0 Å². The molecule has 1 aliphatic rings. The number of carbonyl (C=O) groups is 1. The number of carbonyl (C=O) groups excluding carboxylic acids is 1. The summed E-state index contributed by atoms with van der Waals surface area (Å²) >= 11 is 4.86. The summed E-state index contributed by atoms with van der Waals surface area (Å²) in [4.78, 5) is 22.6. The maximum Gasteiger partial charge on any atom is 0.239 e. The molecule has 2 atom stereocenters. The van der Waals surface area contributed by atoms with Crippen LogP contribution in [0.3, 0.4) is 0 Å². The number of anilines is 1. The Morgan fingerprint density at radius 3 is 2.96 bits per heavy atom. The Kier molecular flexibility index (Phi) is 8.85. The van der Waals surface area contributed by atoms with Crippen LogP contribution in [0.5, 0.6) is 0 Å². The Morgan fingerprint density at radius 2 is 2.32 bits per heavy atom. The number of aliphatic hydroxyl groups excluding tert-OH is 1. The molecule has 2 unspecified atom stereocenters. The van der Waals surface area contributed by atoms with Crippen molar-refractivity contribution in [2.45, 2.75) is 35.6 Å². The Hall–Kier alpha value is 0.0139. The minimum absolute atomic E-state index is 0. The van der Waals surface area contributed by atoms with E-state index in [1.807, 2.05) is 19.1 Å². The van der Waals surface area contributed by atoms with Gasteiger partial charge in [-0.2, -0.15) is 17.1 Å². The third-order valence-corrected chi connectivity index (χ3v) is 6.85. The monoisotopic (exact) mass is 469 g/mol. The van der Waals surface area contributed by atoms with Gasteiger partial charge < -0.3 is 21.4 Å². The van der Waals surface area contributed by atoms with E-state index in [-0.39, 0.29) is 44.0 Å². The van der Waals surface area contributed by atoms with E-state index in [9.17, 15) is 9.90 Å². The van der Waals surface area contributed by atoms with Crippen LogP contribution < -0.4 is 4.90 Å². The summed E-state index contributed by atoms with van der Waals surface area (Å²) in [6.45, 7) is 1.92. The molecule has 5 nitrogen and oxygen atoms in total. The van der Waals surface area contributed by atoms with Gasteiger partial charge in [-0.15, -0.1) is 11.8 Å². The Bertz CT molecular complexity index is 670. The summed E-state index contributed by atoms with van der Waals surface area (Å²) in [6.07, 6.45) is 4.37. The Balaban J connectivity index is 0.00000225. The quantitative estimate of drug-likeness (QED) is 0.496. The minimum atomic E-state index is -0.502. The summed E-state index contributed by atoms with van der Waals surface area (Å²) in [6, 6.07) is 3.68. The fourth-order valence-electron chi connectivity index (χ4n) is 2.43. The van der Waals surface area contributed by atoms with Crippen LogP contribution in [0.4, 0.5) is 5.82 Å². The van der Waals surface area contributed by atoms with Gasteiger partial charge in [0.25, 0.3) is 0 Å². The second kappa shape index (κ2) is 10.4. The van der Waals surface area contributed by atoms with Gasteiger partial charge in [0.1, 0.15) is 5.82 Å². The van der Waals surface area contributed by atoms with Crippen LogP contribution in [0.1, 0.15) is 31.4 Å². The molecule has 1 radical (unpaired) electrons. The third kappa shape index (κ3) is 5.50. The molecule has 0 aliphatic carbocycles. The number of aliphatic hydroxyl groups is 1. The summed E-state index contributed by atoms with van der Waals surface area (Å²) in [5, 5.41) is 12.9. The van der Waals surface area contributed by atoms with E-state index < -0.39 is 6.10 Å². The molecule has 2 aromatic heterocycles. The van der Waals surface area contributed by atoms with Crippen LogP contribution >= 0.6 is 34.9 Å².